The highest BCUT2D eigenvalue weighted by Gasteiger charge is 2.42. The Bertz CT molecular complexity index is 797. The average molecular weight is 376 g/mol. The van der Waals surface area contributed by atoms with Crippen LogP contribution in [0.2, 0.25) is 0 Å². The first-order chi connectivity index (χ1) is 13.5. The van der Waals surface area contributed by atoms with E-state index >= 15 is 0 Å². The highest BCUT2D eigenvalue weighted by molar-refractivity contribution is 5.74. The number of benzene rings is 3. The second-order valence-electron chi connectivity index (χ2n) is 7.09. The van der Waals surface area contributed by atoms with Gasteiger partial charge in [0, 0.05) is 0 Å². The number of hydrogen-bond acceptors (Lipinski definition) is 3. The molecule has 0 aliphatic carbocycles. The van der Waals surface area contributed by atoms with E-state index in [4.69, 9.17) is 4.74 Å². The van der Waals surface area contributed by atoms with Crippen molar-refractivity contribution in [1.29, 1.82) is 0 Å². The Balaban J connectivity index is 2.21. The van der Waals surface area contributed by atoms with Crippen LogP contribution < -0.4 is 0 Å². The summed E-state index contributed by atoms with van der Waals surface area (Å²) in [5.41, 5.74) is 0.244. The number of hydrogen-bond donors (Lipinski definition) is 2. The molecule has 0 saturated heterocycles. The van der Waals surface area contributed by atoms with Crippen LogP contribution in [0.25, 0.3) is 0 Å². The van der Waals surface area contributed by atoms with E-state index in [1.54, 1.807) is 0 Å². The van der Waals surface area contributed by atoms with E-state index in [1.165, 1.54) is 6.92 Å². The summed E-state index contributed by atoms with van der Waals surface area (Å²) in [6, 6.07) is 29.2. The van der Waals surface area contributed by atoms with Gasteiger partial charge >= 0.3 is 5.97 Å². The van der Waals surface area contributed by atoms with Gasteiger partial charge in [-0.2, -0.15) is 0 Å². The number of carboxylic acid groups (broad SMARTS) is 1. The molecule has 28 heavy (non-hydrogen) atoms. The maximum absolute atomic E-state index is 11.7. The lowest BCUT2D eigenvalue weighted by Gasteiger charge is -2.38. The molecule has 0 aliphatic heterocycles. The summed E-state index contributed by atoms with van der Waals surface area (Å²) in [7, 11) is 0. The number of aliphatic carboxylic acids is 1. The maximum atomic E-state index is 11.7. The lowest BCUT2D eigenvalue weighted by molar-refractivity contribution is -0.158. The smallest absolute Gasteiger partial charge is 0.314 e. The van der Waals surface area contributed by atoms with Crippen molar-refractivity contribution in [2.75, 3.05) is 13.2 Å². The lowest BCUT2D eigenvalue weighted by atomic mass is 9.79. The van der Waals surface area contributed by atoms with E-state index in [0.29, 0.717) is 0 Å². The predicted molar refractivity (Wildman–Crippen MR) is 108 cm³/mol. The summed E-state index contributed by atoms with van der Waals surface area (Å²) in [5.74, 6) is -1.10. The molecule has 0 aromatic heterocycles. The van der Waals surface area contributed by atoms with Gasteiger partial charge in [0.1, 0.15) is 11.0 Å². The first-order valence-corrected chi connectivity index (χ1v) is 9.18. The Morgan fingerprint density at radius 1 is 0.786 bits per heavy atom. The zero-order valence-corrected chi connectivity index (χ0v) is 15.8. The molecule has 4 nitrogen and oxygen atoms in total. The van der Waals surface area contributed by atoms with Gasteiger partial charge in [-0.1, -0.05) is 91.0 Å². The van der Waals surface area contributed by atoms with E-state index in [2.05, 4.69) is 0 Å². The number of aliphatic hydroxyl groups excluding tert-OH is 1. The van der Waals surface area contributed by atoms with Gasteiger partial charge in [0.25, 0.3) is 0 Å². The molecule has 3 aromatic carbocycles. The van der Waals surface area contributed by atoms with Crippen LogP contribution in [0.5, 0.6) is 0 Å². The highest BCUT2D eigenvalue weighted by Crippen LogP contribution is 2.41. The Morgan fingerprint density at radius 2 is 1.14 bits per heavy atom. The van der Waals surface area contributed by atoms with Gasteiger partial charge in [0.15, 0.2) is 0 Å². The van der Waals surface area contributed by atoms with Gasteiger partial charge in [-0.25, -0.2) is 0 Å². The molecule has 1 atom stereocenters. The zero-order valence-electron chi connectivity index (χ0n) is 15.8. The monoisotopic (exact) mass is 376 g/mol. The van der Waals surface area contributed by atoms with Crippen molar-refractivity contribution in [1.82, 2.24) is 0 Å². The Labute approximate surface area is 165 Å². The van der Waals surface area contributed by atoms with Crippen molar-refractivity contribution < 1.29 is 19.7 Å². The third-order valence-electron chi connectivity index (χ3n) is 5.01. The molecule has 0 amide bonds. The fraction of sp³-hybridized carbons (Fsp3) is 0.208. The molecule has 144 valence electrons. The van der Waals surface area contributed by atoms with Crippen LogP contribution in [0.1, 0.15) is 23.6 Å². The van der Waals surface area contributed by atoms with Crippen LogP contribution in [-0.4, -0.2) is 29.4 Å². The molecule has 2 N–H and O–H groups in total. The number of carbonyl (C=O) groups is 1. The van der Waals surface area contributed by atoms with Crippen LogP contribution in [0.3, 0.4) is 0 Å². The van der Waals surface area contributed by atoms with Crippen LogP contribution in [0.4, 0.5) is 0 Å². The number of ether oxygens (including phenoxy) is 1. The van der Waals surface area contributed by atoms with Crippen molar-refractivity contribution in [3.05, 3.63) is 108 Å². The standard InChI is InChI=1S/C24H24O4/c1-23(17-25,22(26)27)18-28-24(19-11-5-2-6-12-19,20-13-7-3-8-14-20)21-15-9-4-10-16-21/h2-16,25H,17-18H2,1H3,(H,26,27). The van der Waals surface area contributed by atoms with E-state index in [1.807, 2.05) is 91.0 Å². The van der Waals surface area contributed by atoms with Crippen LogP contribution in [0, 0.1) is 5.41 Å². The molecule has 0 saturated carbocycles. The minimum atomic E-state index is -1.41. The molecule has 3 rings (SSSR count). The SMILES string of the molecule is CC(CO)(COC(c1ccccc1)(c1ccccc1)c1ccccc1)C(=O)O. The van der Waals surface area contributed by atoms with E-state index in [0.717, 1.165) is 16.7 Å². The van der Waals surface area contributed by atoms with Crippen molar-refractivity contribution in [3.63, 3.8) is 0 Å². The normalized spacial score (nSPS) is 13.6. The second-order valence-corrected chi connectivity index (χ2v) is 7.09. The predicted octanol–water partition coefficient (Wildman–Crippen LogP) is 4.08. The number of carboxylic acids is 1. The fourth-order valence-electron chi connectivity index (χ4n) is 3.21. The lowest BCUT2D eigenvalue weighted by Crippen LogP contribution is -2.42. The highest BCUT2D eigenvalue weighted by atomic mass is 16.5. The first kappa shape index (κ1) is 19.8. The van der Waals surface area contributed by atoms with Crippen LogP contribution in [0.15, 0.2) is 91.0 Å². The largest absolute Gasteiger partial charge is 0.481 e. The van der Waals surface area contributed by atoms with Crippen molar-refractivity contribution >= 4 is 5.97 Å². The number of aliphatic hydroxyl groups is 1. The molecular formula is C24H24O4. The molecule has 0 spiro atoms. The summed E-state index contributed by atoms with van der Waals surface area (Å²) in [4.78, 5) is 11.7. The maximum Gasteiger partial charge on any atom is 0.314 e. The van der Waals surface area contributed by atoms with E-state index < -0.39 is 23.6 Å². The van der Waals surface area contributed by atoms with Gasteiger partial charge in [-0.15, -0.1) is 0 Å². The zero-order chi connectivity index (χ0) is 20.0. The third-order valence-corrected chi connectivity index (χ3v) is 5.01. The van der Waals surface area contributed by atoms with Gasteiger partial charge in [-0.3, -0.25) is 4.79 Å². The summed E-state index contributed by atoms with van der Waals surface area (Å²) in [6.45, 7) is 0.815. The summed E-state index contributed by atoms with van der Waals surface area (Å²) in [6.07, 6.45) is 0. The van der Waals surface area contributed by atoms with Gasteiger partial charge < -0.3 is 14.9 Å². The number of rotatable bonds is 8. The Kier molecular flexibility index (Phi) is 5.93. The van der Waals surface area contributed by atoms with Gasteiger partial charge in [0.05, 0.1) is 13.2 Å². The molecule has 0 bridgehead atoms. The molecular weight excluding hydrogens is 352 g/mol. The first-order valence-electron chi connectivity index (χ1n) is 9.18. The Hall–Kier alpha value is -2.95. The molecule has 0 radical (unpaired) electrons. The third kappa shape index (κ3) is 3.70. The second kappa shape index (κ2) is 8.38. The Morgan fingerprint density at radius 3 is 1.43 bits per heavy atom. The fourth-order valence-corrected chi connectivity index (χ4v) is 3.21. The molecule has 1 unspecified atom stereocenters. The van der Waals surface area contributed by atoms with Gasteiger partial charge in [-0.05, 0) is 23.6 Å². The van der Waals surface area contributed by atoms with Crippen LogP contribution in [-0.2, 0) is 15.1 Å². The summed E-state index contributed by atoms with van der Waals surface area (Å²) in [5, 5.41) is 19.3. The van der Waals surface area contributed by atoms with Crippen LogP contribution >= 0.6 is 0 Å². The van der Waals surface area contributed by atoms with E-state index in [9.17, 15) is 15.0 Å². The molecule has 0 heterocycles. The molecule has 4 heteroatoms. The topological polar surface area (TPSA) is 66.8 Å². The van der Waals surface area contributed by atoms with Crippen molar-refractivity contribution in [3.8, 4) is 0 Å². The summed E-state index contributed by atoms with van der Waals surface area (Å²) < 4.78 is 6.46. The molecule has 0 aliphatic rings. The van der Waals surface area contributed by atoms with Gasteiger partial charge in [0.2, 0.25) is 0 Å². The molecule has 0 fully saturated rings. The summed E-state index contributed by atoms with van der Waals surface area (Å²) >= 11 is 0. The van der Waals surface area contributed by atoms with E-state index in [-0.39, 0.29) is 6.61 Å². The quantitative estimate of drug-likeness (QED) is 0.582. The van der Waals surface area contributed by atoms with Crippen molar-refractivity contribution in [2.45, 2.75) is 12.5 Å². The minimum absolute atomic E-state index is 0.155. The minimum Gasteiger partial charge on any atom is -0.481 e. The van der Waals surface area contributed by atoms with Crippen molar-refractivity contribution in [2.24, 2.45) is 5.41 Å². The average Bonchev–Trinajstić information content (AvgIpc) is 2.76. The molecule has 3 aromatic rings.